The lowest BCUT2D eigenvalue weighted by molar-refractivity contribution is -0.385. The zero-order valence-electron chi connectivity index (χ0n) is 20.4. The molecule has 0 radical (unpaired) electrons. The molecule has 9 nitrogen and oxygen atoms in total. The fraction of sp³-hybridized carbons (Fsp3) is 0.542. The Hall–Kier alpha value is -2.48. The summed E-state index contributed by atoms with van der Waals surface area (Å²) < 4.78 is 31.3. The summed E-state index contributed by atoms with van der Waals surface area (Å²) in [5, 5.41) is 15.2. The van der Waals surface area contributed by atoms with Gasteiger partial charge in [-0.15, -0.1) is 0 Å². The van der Waals surface area contributed by atoms with Gasteiger partial charge in [-0.1, -0.05) is 44.9 Å². The molecule has 3 rings (SSSR count). The first-order valence-corrected chi connectivity index (χ1v) is 13.1. The van der Waals surface area contributed by atoms with Gasteiger partial charge in [-0.05, 0) is 26.7 Å². The lowest BCUT2D eigenvalue weighted by Gasteiger charge is -2.42. The van der Waals surface area contributed by atoms with Crippen LogP contribution in [0.3, 0.4) is 0 Å². The fourth-order valence-electron chi connectivity index (χ4n) is 5.06. The molecule has 2 aliphatic rings. The molecule has 1 unspecified atom stereocenters. The van der Waals surface area contributed by atoms with Gasteiger partial charge in [0, 0.05) is 28.4 Å². The number of dihydropyridines is 1. The van der Waals surface area contributed by atoms with E-state index in [-0.39, 0.29) is 40.8 Å². The number of hydrogen-bond acceptors (Lipinski definition) is 8. The van der Waals surface area contributed by atoms with Crippen molar-refractivity contribution in [1.82, 2.24) is 5.32 Å². The average molecular weight is 493 g/mol. The Labute approximate surface area is 200 Å². The molecule has 34 heavy (non-hydrogen) atoms. The summed E-state index contributed by atoms with van der Waals surface area (Å²) in [5.74, 6) is -1.70. The first kappa shape index (κ1) is 26.1. The molecule has 2 aliphatic heterocycles. The van der Waals surface area contributed by atoms with Gasteiger partial charge < -0.3 is 19.1 Å². The molecule has 1 fully saturated rings. The van der Waals surface area contributed by atoms with Crippen molar-refractivity contribution in [3.05, 3.63) is 62.2 Å². The van der Waals surface area contributed by atoms with E-state index in [2.05, 4.69) is 19.2 Å². The Morgan fingerprint density at radius 2 is 1.76 bits per heavy atom. The predicted octanol–water partition coefficient (Wildman–Crippen LogP) is 5.79. The van der Waals surface area contributed by atoms with Gasteiger partial charge in [0.2, 0.25) is 0 Å². The van der Waals surface area contributed by atoms with Crippen LogP contribution in [-0.2, 0) is 23.1 Å². The van der Waals surface area contributed by atoms with Crippen molar-refractivity contribution < 1.29 is 28.1 Å². The zero-order chi connectivity index (χ0) is 25.1. The zero-order valence-corrected chi connectivity index (χ0v) is 21.3. The molecule has 0 bridgehead atoms. The van der Waals surface area contributed by atoms with Crippen molar-refractivity contribution >= 4 is 19.3 Å². The molecule has 1 saturated heterocycles. The van der Waals surface area contributed by atoms with E-state index in [0.29, 0.717) is 11.4 Å². The largest absolute Gasteiger partial charge is 0.466 e. The number of allylic oxidation sites excluding steroid dienone is 3. The van der Waals surface area contributed by atoms with Gasteiger partial charge in [0.05, 0.1) is 42.1 Å². The van der Waals surface area contributed by atoms with Crippen LogP contribution >= 0.6 is 7.60 Å². The number of carbonyl (C=O) groups is 1. The number of nitrogens with one attached hydrogen (secondary N) is 1. The van der Waals surface area contributed by atoms with Crippen LogP contribution in [0.25, 0.3) is 0 Å². The first-order valence-electron chi connectivity index (χ1n) is 11.5. The van der Waals surface area contributed by atoms with Crippen molar-refractivity contribution in [2.24, 2.45) is 5.41 Å². The van der Waals surface area contributed by atoms with Crippen LogP contribution in [0.5, 0.6) is 0 Å². The highest BCUT2D eigenvalue weighted by Gasteiger charge is 2.50. The van der Waals surface area contributed by atoms with E-state index in [1.54, 1.807) is 32.0 Å². The molecule has 0 amide bonds. The molecule has 1 aromatic carbocycles. The molecule has 0 spiro atoms. The quantitative estimate of drug-likeness (QED) is 0.210. The second-order valence-electron chi connectivity index (χ2n) is 8.96. The van der Waals surface area contributed by atoms with Crippen LogP contribution in [-0.4, -0.2) is 31.2 Å². The minimum absolute atomic E-state index is 0.138. The Kier molecular flexibility index (Phi) is 8.01. The number of nitro groups is 1. The smallest absolute Gasteiger partial charge is 0.360 e. The normalized spacial score (nSPS) is 21.7. The standard InChI is InChI=1S/C24H33N2O7P/c1-6-12-24(13-7-2)14-32-34(30,33-15-24)22-17(4)25-16(3)20(23(27)31-5)21(22)18-10-8-9-11-19(18)26(28)29/h8-11,21,25H,6-7,12-15H2,1-5H3. The predicted molar refractivity (Wildman–Crippen MR) is 128 cm³/mol. The van der Waals surface area contributed by atoms with Crippen LogP contribution in [0.2, 0.25) is 0 Å². The van der Waals surface area contributed by atoms with Crippen molar-refractivity contribution in [3.8, 4) is 0 Å². The molecule has 1 aromatic rings. The van der Waals surface area contributed by atoms with E-state index in [1.807, 2.05) is 0 Å². The molecule has 10 heteroatoms. The maximum atomic E-state index is 14.2. The number of carbonyl (C=O) groups excluding carboxylic acids is 1. The van der Waals surface area contributed by atoms with Gasteiger partial charge >= 0.3 is 13.6 Å². The third kappa shape index (κ3) is 4.83. The highest BCUT2D eigenvalue weighted by atomic mass is 31.2. The van der Waals surface area contributed by atoms with Crippen LogP contribution in [0, 0.1) is 15.5 Å². The lowest BCUT2D eigenvalue weighted by Crippen LogP contribution is -2.37. The Morgan fingerprint density at radius 1 is 1.18 bits per heavy atom. The van der Waals surface area contributed by atoms with Crippen molar-refractivity contribution in [2.45, 2.75) is 59.3 Å². The van der Waals surface area contributed by atoms with Crippen molar-refractivity contribution in [2.75, 3.05) is 20.3 Å². The molecule has 0 aliphatic carbocycles. The van der Waals surface area contributed by atoms with Gasteiger partial charge in [-0.2, -0.15) is 0 Å². The minimum Gasteiger partial charge on any atom is -0.466 e. The third-order valence-corrected chi connectivity index (χ3v) is 8.63. The number of methoxy groups -OCH3 is 1. The van der Waals surface area contributed by atoms with E-state index in [4.69, 9.17) is 13.8 Å². The summed E-state index contributed by atoms with van der Waals surface area (Å²) in [6.45, 7) is 8.07. The highest BCUT2D eigenvalue weighted by molar-refractivity contribution is 7.58. The molecule has 1 N–H and O–H groups in total. The second kappa shape index (κ2) is 10.4. The fourth-order valence-corrected chi connectivity index (χ4v) is 7.36. The Bertz CT molecular complexity index is 1060. The summed E-state index contributed by atoms with van der Waals surface area (Å²) in [6, 6.07) is 6.12. The highest BCUT2D eigenvalue weighted by Crippen LogP contribution is 2.67. The van der Waals surface area contributed by atoms with Gasteiger partial charge in [0.25, 0.3) is 5.69 Å². The Morgan fingerprint density at radius 3 is 2.29 bits per heavy atom. The number of benzene rings is 1. The van der Waals surface area contributed by atoms with Crippen LogP contribution in [0.15, 0.2) is 46.5 Å². The van der Waals surface area contributed by atoms with E-state index in [9.17, 15) is 19.5 Å². The maximum Gasteiger partial charge on any atom is 0.360 e. The number of para-hydroxylation sites is 1. The molecule has 0 saturated carbocycles. The molecule has 186 valence electrons. The van der Waals surface area contributed by atoms with E-state index < -0.39 is 24.4 Å². The van der Waals surface area contributed by atoms with Crippen molar-refractivity contribution in [3.63, 3.8) is 0 Å². The molecular formula is C24H33N2O7P. The maximum absolute atomic E-state index is 14.2. The van der Waals surface area contributed by atoms with Crippen molar-refractivity contribution in [1.29, 1.82) is 0 Å². The van der Waals surface area contributed by atoms with Gasteiger partial charge in [-0.3, -0.25) is 14.7 Å². The SMILES string of the molecule is CCCC1(CCC)COP(=O)(C2=C(C)NC(C)=C(C(=O)OC)C2c2ccccc2[N+](=O)[O-])OC1. The number of nitrogens with zero attached hydrogens (tertiary/aromatic N) is 1. The Balaban J connectivity index is 2.15. The first-order chi connectivity index (χ1) is 16.1. The molecule has 2 heterocycles. The van der Waals surface area contributed by atoms with Crippen LogP contribution < -0.4 is 5.32 Å². The van der Waals surface area contributed by atoms with E-state index >= 15 is 0 Å². The van der Waals surface area contributed by atoms with E-state index in [1.165, 1.54) is 13.2 Å². The summed E-state index contributed by atoms with van der Waals surface area (Å²) in [7, 11) is -2.67. The number of nitro benzene ring substituents is 1. The summed E-state index contributed by atoms with van der Waals surface area (Å²) >= 11 is 0. The third-order valence-electron chi connectivity index (χ3n) is 6.51. The molecule has 0 aromatic heterocycles. The lowest BCUT2D eigenvalue weighted by atomic mass is 9.81. The monoisotopic (exact) mass is 492 g/mol. The number of ether oxygens (including phenoxy) is 1. The van der Waals surface area contributed by atoms with Gasteiger partial charge in [0.15, 0.2) is 0 Å². The van der Waals surface area contributed by atoms with Gasteiger partial charge in [0.1, 0.15) is 0 Å². The molecule has 1 atom stereocenters. The summed E-state index contributed by atoms with van der Waals surface area (Å²) in [6.07, 6.45) is 3.62. The summed E-state index contributed by atoms with van der Waals surface area (Å²) in [4.78, 5) is 24.2. The number of rotatable bonds is 8. The number of esters is 1. The van der Waals surface area contributed by atoms with E-state index in [0.717, 1.165) is 25.7 Å². The van der Waals surface area contributed by atoms with Crippen LogP contribution in [0.4, 0.5) is 5.69 Å². The van der Waals surface area contributed by atoms with Gasteiger partial charge in [-0.25, -0.2) is 4.79 Å². The average Bonchev–Trinajstić information content (AvgIpc) is 2.80. The molecular weight excluding hydrogens is 459 g/mol. The topological polar surface area (TPSA) is 117 Å². The second-order valence-corrected chi connectivity index (χ2v) is 11.0. The van der Waals surface area contributed by atoms with Crippen LogP contribution in [0.1, 0.15) is 64.9 Å². The minimum atomic E-state index is -3.91. The number of hydrogen-bond donors (Lipinski definition) is 1. The summed E-state index contributed by atoms with van der Waals surface area (Å²) in [5.41, 5.74) is 0.882.